The van der Waals surface area contributed by atoms with Gasteiger partial charge >= 0.3 is 6.61 Å². The number of carbonyl (C=O) groups excluding carboxylic acids is 1. The molecule has 2 heterocycles. The Balaban J connectivity index is 1.81. The van der Waals surface area contributed by atoms with Gasteiger partial charge in [0.2, 0.25) is 0 Å². The fourth-order valence-electron chi connectivity index (χ4n) is 3.78. The number of Topliss-reactive ketones (excluding diaryl/α,β-unsaturated/α-hetero) is 1. The minimum Gasteiger partial charge on any atom is -0.496 e. The van der Waals surface area contributed by atoms with Crippen LogP contribution in [-0.2, 0) is 5.41 Å². The molecule has 0 amide bonds. The van der Waals surface area contributed by atoms with Crippen LogP contribution in [0.3, 0.4) is 0 Å². The van der Waals surface area contributed by atoms with Gasteiger partial charge in [0.05, 0.1) is 19.0 Å². The molecule has 3 aromatic rings. The molecule has 8 heteroatoms. The molecule has 1 aliphatic carbocycles. The van der Waals surface area contributed by atoms with Gasteiger partial charge in [-0.1, -0.05) is 13.8 Å². The maximum absolute atomic E-state index is 13.2. The largest absolute Gasteiger partial charge is 0.496 e. The van der Waals surface area contributed by atoms with Gasteiger partial charge in [-0.15, -0.1) is 0 Å². The van der Waals surface area contributed by atoms with Crippen molar-refractivity contribution in [3.8, 4) is 22.8 Å². The number of hydrogen-bond acceptors (Lipinski definition) is 5. The van der Waals surface area contributed by atoms with E-state index < -0.39 is 6.61 Å². The summed E-state index contributed by atoms with van der Waals surface area (Å²) in [5, 5.41) is 0. The third kappa shape index (κ3) is 4.32. The van der Waals surface area contributed by atoms with Gasteiger partial charge < -0.3 is 15.2 Å². The number of halogens is 2. The maximum Gasteiger partial charge on any atom is 0.387 e. The van der Waals surface area contributed by atoms with Gasteiger partial charge in [0.1, 0.15) is 22.7 Å². The van der Waals surface area contributed by atoms with Crippen molar-refractivity contribution in [3.63, 3.8) is 0 Å². The van der Waals surface area contributed by atoms with Crippen molar-refractivity contribution >= 4 is 11.4 Å². The van der Waals surface area contributed by atoms with E-state index in [2.05, 4.69) is 18.8 Å². The van der Waals surface area contributed by atoms with E-state index in [-0.39, 0.29) is 28.3 Å². The van der Waals surface area contributed by atoms with Crippen LogP contribution >= 0.6 is 0 Å². The Morgan fingerprint density at radius 1 is 1.28 bits per heavy atom. The molecule has 1 saturated carbocycles. The van der Waals surface area contributed by atoms with Gasteiger partial charge in [-0.05, 0) is 48.6 Å². The molecule has 0 unspecified atom stereocenters. The number of carbonyl (C=O) groups is 1. The quantitative estimate of drug-likeness (QED) is 0.479. The SMILES string of the molecule is COc1cc(-c2cnc3cc(C(C)(C)CN)ccn23)cc(OC(F)F)c1C(=O)CC1CC1. The van der Waals surface area contributed by atoms with Crippen LogP contribution in [0.4, 0.5) is 8.78 Å². The zero-order valence-corrected chi connectivity index (χ0v) is 18.4. The number of hydrogen-bond donors (Lipinski definition) is 1. The molecule has 4 rings (SSSR count). The Bertz CT molecular complexity index is 1150. The number of methoxy groups -OCH3 is 1. The van der Waals surface area contributed by atoms with Crippen LogP contribution in [0.2, 0.25) is 0 Å². The second-order valence-electron chi connectivity index (χ2n) is 8.88. The number of alkyl halides is 2. The Labute approximate surface area is 185 Å². The second kappa shape index (κ2) is 8.50. The van der Waals surface area contributed by atoms with Crippen molar-refractivity contribution in [2.24, 2.45) is 11.7 Å². The lowest BCUT2D eigenvalue weighted by molar-refractivity contribution is -0.0502. The van der Waals surface area contributed by atoms with E-state index in [0.29, 0.717) is 35.8 Å². The van der Waals surface area contributed by atoms with Crippen molar-refractivity contribution < 1.29 is 23.0 Å². The monoisotopic (exact) mass is 443 g/mol. The number of aromatic nitrogens is 2. The van der Waals surface area contributed by atoms with Crippen LogP contribution in [0.15, 0.2) is 36.7 Å². The van der Waals surface area contributed by atoms with Crippen LogP contribution < -0.4 is 15.2 Å². The third-order valence-electron chi connectivity index (χ3n) is 6.05. The molecule has 0 saturated heterocycles. The van der Waals surface area contributed by atoms with Crippen LogP contribution in [-0.4, -0.2) is 35.4 Å². The average Bonchev–Trinajstić information content (AvgIpc) is 3.47. The standard InChI is InChI=1S/C24H27F2N3O3/c1-24(2,13-27)16-6-7-29-17(12-28-21(29)11-16)15-9-19(31-3)22(18(30)8-14-4-5-14)20(10-15)32-23(25)26/h6-7,9-12,14,23H,4-5,8,13,27H2,1-3H3. The molecule has 2 N–H and O–H groups in total. The number of nitrogens with two attached hydrogens (primary N) is 1. The predicted octanol–water partition coefficient (Wildman–Crippen LogP) is 4.83. The highest BCUT2D eigenvalue weighted by molar-refractivity contribution is 6.02. The van der Waals surface area contributed by atoms with E-state index in [4.69, 9.17) is 15.2 Å². The summed E-state index contributed by atoms with van der Waals surface area (Å²) < 4.78 is 38.4. The minimum absolute atomic E-state index is 0.0595. The fraction of sp³-hybridized carbons (Fsp3) is 0.417. The number of pyridine rings is 1. The topological polar surface area (TPSA) is 78.8 Å². The average molecular weight is 443 g/mol. The van der Waals surface area contributed by atoms with Crippen molar-refractivity contribution in [1.29, 1.82) is 0 Å². The van der Waals surface area contributed by atoms with Gasteiger partial charge in [-0.2, -0.15) is 8.78 Å². The van der Waals surface area contributed by atoms with E-state index in [1.165, 1.54) is 13.2 Å². The summed E-state index contributed by atoms with van der Waals surface area (Å²) in [6.45, 7) is 1.53. The highest BCUT2D eigenvalue weighted by atomic mass is 19.3. The molecular weight excluding hydrogens is 416 g/mol. The summed E-state index contributed by atoms with van der Waals surface area (Å²) in [5.41, 5.74) is 8.71. The summed E-state index contributed by atoms with van der Waals surface area (Å²) in [4.78, 5) is 17.3. The second-order valence-corrected chi connectivity index (χ2v) is 8.88. The van der Waals surface area contributed by atoms with E-state index in [0.717, 1.165) is 18.4 Å². The summed E-state index contributed by atoms with van der Waals surface area (Å²) in [7, 11) is 1.41. The van der Waals surface area contributed by atoms with Crippen molar-refractivity contribution in [2.75, 3.05) is 13.7 Å². The highest BCUT2D eigenvalue weighted by Gasteiger charge is 2.30. The molecule has 0 radical (unpaired) electrons. The van der Waals surface area contributed by atoms with Gasteiger partial charge in [-0.3, -0.25) is 9.20 Å². The van der Waals surface area contributed by atoms with E-state index in [1.807, 2.05) is 22.7 Å². The van der Waals surface area contributed by atoms with E-state index in [1.54, 1.807) is 12.3 Å². The summed E-state index contributed by atoms with van der Waals surface area (Å²) >= 11 is 0. The molecule has 2 aromatic heterocycles. The Morgan fingerprint density at radius 2 is 2.00 bits per heavy atom. The Kier molecular flexibility index (Phi) is 5.90. The number of fused-ring (bicyclic) bond motifs is 1. The van der Waals surface area contributed by atoms with Crippen molar-refractivity contribution in [1.82, 2.24) is 9.38 Å². The maximum atomic E-state index is 13.2. The lowest BCUT2D eigenvalue weighted by atomic mass is 9.85. The molecule has 0 spiro atoms. The molecule has 1 aromatic carbocycles. The number of ketones is 1. The zero-order valence-electron chi connectivity index (χ0n) is 18.4. The molecule has 6 nitrogen and oxygen atoms in total. The summed E-state index contributed by atoms with van der Waals surface area (Å²) in [5.74, 6) is 0.0749. The zero-order chi connectivity index (χ0) is 23.0. The molecule has 0 bridgehead atoms. The van der Waals surface area contributed by atoms with E-state index >= 15 is 0 Å². The lowest BCUT2D eigenvalue weighted by Crippen LogP contribution is -2.28. The van der Waals surface area contributed by atoms with Gasteiger partial charge in [0.15, 0.2) is 5.78 Å². The smallest absolute Gasteiger partial charge is 0.387 e. The number of benzene rings is 1. The first-order valence-electron chi connectivity index (χ1n) is 10.6. The minimum atomic E-state index is -3.06. The highest BCUT2D eigenvalue weighted by Crippen LogP contribution is 2.40. The normalized spacial score (nSPS) is 14.2. The molecule has 1 fully saturated rings. The molecule has 0 atom stereocenters. The first kappa shape index (κ1) is 22.2. The molecule has 170 valence electrons. The van der Waals surface area contributed by atoms with Crippen molar-refractivity contribution in [2.45, 2.75) is 45.1 Å². The Hall–Kier alpha value is -3.00. The van der Waals surface area contributed by atoms with Crippen LogP contribution in [0.25, 0.3) is 16.9 Å². The first-order chi connectivity index (χ1) is 15.2. The predicted molar refractivity (Wildman–Crippen MR) is 118 cm³/mol. The van der Waals surface area contributed by atoms with E-state index in [9.17, 15) is 13.6 Å². The number of rotatable bonds is 9. The van der Waals surface area contributed by atoms with Gasteiger partial charge in [0.25, 0.3) is 0 Å². The van der Waals surface area contributed by atoms with Gasteiger partial charge in [0, 0.05) is 30.1 Å². The van der Waals surface area contributed by atoms with Crippen LogP contribution in [0.5, 0.6) is 11.5 Å². The fourth-order valence-corrected chi connectivity index (χ4v) is 3.78. The van der Waals surface area contributed by atoms with Gasteiger partial charge in [-0.25, -0.2) is 4.98 Å². The third-order valence-corrected chi connectivity index (χ3v) is 6.05. The number of nitrogens with zero attached hydrogens (tertiary/aromatic N) is 2. The molecule has 0 aliphatic heterocycles. The van der Waals surface area contributed by atoms with Crippen LogP contribution in [0.1, 0.15) is 49.0 Å². The summed E-state index contributed by atoms with van der Waals surface area (Å²) in [6.07, 6.45) is 5.77. The molecule has 1 aliphatic rings. The number of ether oxygens (including phenoxy) is 2. The van der Waals surface area contributed by atoms with Crippen molar-refractivity contribution in [3.05, 3.63) is 47.8 Å². The summed E-state index contributed by atoms with van der Waals surface area (Å²) in [6, 6.07) is 7.04. The van der Waals surface area contributed by atoms with Crippen LogP contribution in [0, 0.1) is 5.92 Å². The Morgan fingerprint density at radius 3 is 2.62 bits per heavy atom. The molecule has 32 heavy (non-hydrogen) atoms. The molecular formula is C24H27F2N3O3. The first-order valence-corrected chi connectivity index (χ1v) is 10.6. The lowest BCUT2D eigenvalue weighted by Gasteiger charge is -2.23. The number of imidazole rings is 1.